The van der Waals surface area contributed by atoms with Gasteiger partial charge in [-0.2, -0.15) is 0 Å². The SMILES string of the molecule is COc1ccc(C(O)c2cc(Cl)ccc2N)cc1. The Morgan fingerprint density at radius 1 is 1.17 bits per heavy atom. The highest BCUT2D eigenvalue weighted by atomic mass is 35.5. The van der Waals surface area contributed by atoms with Crippen LogP contribution in [0.4, 0.5) is 5.69 Å². The molecule has 0 aliphatic heterocycles. The van der Waals surface area contributed by atoms with Crippen LogP contribution in [0.3, 0.4) is 0 Å². The van der Waals surface area contributed by atoms with Crippen molar-refractivity contribution in [2.75, 3.05) is 12.8 Å². The molecular formula is C14H14ClNO2. The van der Waals surface area contributed by atoms with Gasteiger partial charge < -0.3 is 15.6 Å². The normalized spacial score (nSPS) is 12.2. The Kier molecular flexibility index (Phi) is 3.75. The highest BCUT2D eigenvalue weighted by molar-refractivity contribution is 6.30. The molecule has 0 bridgehead atoms. The lowest BCUT2D eigenvalue weighted by Gasteiger charge is -2.14. The van der Waals surface area contributed by atoms with Gasteiger partial charge in [-0.25, -0.2) is 0 Å². The number of anilines is 1. The molecule has 4 heteroatoms. The van der Waals surface area contributed by atoms with Crippen LogP contribution in [-0.4, -0.2) is 12.2 Å². The molecule has 94 valence electrons. The molecule has 0 amide bonds. The van der Waals surface area contributed by atoms with E-state index >= 15 is 0 Å². The maximum atomic E-state index is 10.3. The molecule has 2 aromatic carbocycles. The van der Waals surface area contributed by atoms with Crippen LogP contribution in [0, 0.1) is 0 Å². The number of benzene rings is 2. The van der Waals surface area contributed by atoms with Crippen LogP contribution in [0.1, 0.15) is 17.2 Å². The third kappa shape index (κ3) is 2.58. The number of aliphatic hydroxyl groups excluding tert-OH is 1. The molecule has 3 nitrogen and oxygen atoms in total. The molecular weight excluding hydrogens is 250 g/mol. The number of aliphatic hydroxyl groups is 1. The third-order valence-corrected chi connectivity index (χ3v) is 3.01. The largest absolute Gasteiger partial charge is 0.497 e. The van der Waals surface area contributed by atoms with Crippen molar-refractivity contribution in [1.29, 1.82) is 0 Å². The van der Waals surface area contributed by atoms with Gasteiger partial charge >= 0.3 is 0 Å². The Morgan fingerprint density at radius 3 is 2.44 bits per heavy atom. The smallest absolute Gasteiger partial charge is 0.118 e. The minimum absolute atomic E-state index is 0.516. The van der Waals surface area contributed by atoms with Gasteiger partial charge in [-0.1, -0.05) is 23.7 Å². The van der Waals surface area contributed by atoms with Gasteiger partial charge in [0.25, 0.3) is 0 Å². The first kappa shape index (κ1) is 12.7. The van der Waals surface area contributed by atoms with Crippen molar-refractivity contribution >= 4 is 17.3 Å². The van der Waals surface area contributed by atoms with Crippen molar-refractivity contribution in [3.63, 3.8) is 0 Å². The van der Waals surface area contributed by atoms with Gasteiger partial charge in [0.05, 0.1) is 7.11 Å². The predicted molar refractivity (Wildman–Crippen MR) is 72.9 cm³/mol. The molecule has 0 saturated carbocycles. The molecule has 0 radical (unpaired) electrons. The van der Waals surface area contributed by atoms with Gasteiger partial charge in [0, 0.05) is 16.3 Å². The van der Waals surface area contributed by atoms with E-state index in [0.717, 1.165) is 11.3 Å². The predicted octanol–water partition coefficient (Wildman–Crippen LogP) is 3.01. The highest BCUT2D eigenvalue weighted by Gasteiger charge is 2.14. The fourth-order valence-corrected chi connectivity index (χ4v) is 1.93. The molecule has 0 fully saturated rings. The molecule has 2 rings (SSSR count). The molecule has 0 aliphatic carbocycles. The highest BCUT2D eigenvalue weighted by Crippen LogP contribution is 2.29. The van der Waals surface area contributed by atoms with E-state index in [0.29, 0.717) is 16.3 Å². The molecule has 1 atom stereocenters. The molecule has 0 spiro atoms. The van der Waals surface area contributed by atoms with Crippen molar-refractivity contribution in [3.05, 3.63) is 58.6 Å². The van der Waals surface area contributed by atoms with Crippen LogP contribution >= 0.6 is 11.6 Å². The molecule has 0 saturated heterocycles. The summed E-state index contributed by atoms with van der Waals surface area (Å²) >= 11 is 5.91. The van der Waals surface area contributed by atoms with E-state index in [4.69, 9.17) is 22.1 Å². The van der Waals surface area contributed by atoms with Crippen molar-refractivity contribution in [3.8, 4) is 5.75 Å². The number of methoxy groups -OCH3 is 1. The lowest BCUT2D eigenvalue weighted by molar-refractivity contribution is 0.221. The van der Waals surface area contributed by atoms with Crippen LogP contribution in [0.2, 0.25) is 5.02 Å². The first-order valence-electron chi connectivity index (χ1n) is 5.48. The zero-order chi connectivity index (χ0) is 13.1. The average molecular weight is 264 g/mol. The van der Waals surface area contributed by atoms with Gasteiger partial charge in [0.15, 0.2) is 0 Å². The minimum atomic E-state index is -0.797. The summed E-state index contributed by atoms with van der Waals surface area (Å²) < 4.78 is 5.07. The van der Waals surface area contributed by atoms with Crippen molar-refractivity contribution in [2.45, 2.75) is 6.10 Å². The van der Waals surface area contributed by atoms with Crippen molar-refractivity contribution in [1.82, 2.24) is 0 Å². The molecule has 18 heavy (non-hydrogen) atoms. The summed E-state index contributed by atoms with van der Waals surface area (Å²) in [5, 5.41) is 10.8. The Labute approximate surface area is 111 Å². The van der Waals surface area contributed by atoms with Crippen LogP contribution in [0.5, 0.6) is 5.75 Å². The van der Waals surface area contributed by atoms with Gasteiger partial charge in [0.2, 0.25) is 0 Å². The maximum Gasteiger partial charge on any atom is 0.118 e. The second-order valence-electron chi connectivity index (χ2n) is 3.95. The second-order valence-corrected chi connectivity index (χ2v) is 4.39. The Bertz CT molecular complexity index is 540. The number of halogens is 1. The van der Waals surface area contributed by atoms with E-state index in [2.05, 4.69) is 0 Å². The summed E-state index contributed by atoms with van der Waals surface area (Å²) in [6.07, 6.45) is -0.797. The Hall–Kier alpha value is -1.71. The van der Waals surface area contributed by atoms with E-state index in [9.17, 15) is 5.11 Å². The maximum absolute atomic E-state index is 10.3. The average Bonchev–Trinajstić information content (AvgIpc) is 2.41. The van der Waals surface area contributed by atoms with Gasteiger partial charge in [-0.05, 0) is 35.9 Å². The van der Waals surface area contributed by atoms with E-state index < -0.39 is 6.10 Å². The minimum Gasteiger partial charge on any atom is -0.497 e. The number of hydrogen-bond donors (Lipinski definition) is 2. The zero-order valence-electron chi connectivity index (χ0n) is 9.93. The van der Waals surface area contributed by atoms with Crippen molar-refractivity contribution in [2.24, 2.45) is 0 Å². The fraction of sp³-hybridized carbons (Fsp3) is 0.143. The Balaban J connectivity index is 2.34. The lowest BCUT2D eigenvalue weighted by atomic mass is 10.00. The van der Waals surface area contributed by atoms with E-state index in [1.165, 1.54) is 0 Å². The van der Waals surface area contributed by atoms with Crippen LogP contribution in [0.25, 0.3) is 0 Å². The summed E-state index contributed by atoms with van der Waals surface area (Å²) in [6.45, 7) is 0. The summed E-state index contributed by atoms with van der Waals surface area (Å²) in [5.41, 5.74) is 7.70. The first-order chi connectivity index (χ1) is 8.61. The number of ether oxygens (including phenoxy) is 1. The summed E-state index contributed by atoms with van der Waals surface area (Å²) in [6, 6.07) is 12.2. The quantitative estimate of drug-likeness (QED) is 0.837. The number of nitrogen functional groups attached to an aromatic ring is 1. The summed E-state index contributed by atoms with van der Waals surface area (Å²) in [7, 11) is 1.60. The standard InChI is InChI=1S/C14H14ClNO2/c1-18-11-5-2-9(3-6-11)14(17)12-8-10(15)4-7-13(12)16/h2-8,14,17H,16H2,1H3. The zero-order valence-corrected chi connectivity index (χ0v) is 10.7. The first-order valence-corrected chi connectivity index (χ1v) is 5.86. The topological polar surface area (TPSA) is 55.5 Å². The van der Waals surface area contributed by atoms with Crippen LogP contribution < -0.4 is 10.5 Å². The van der Waals surface area contributed by atoms with Crippen LogP contribution in [0.15, 0.2) is 42.5 Å². The summed E-state index contributed by atoms with van der Waals surface area (Å²) in [4.78, 5) is 0. The molecule has 0 heterocycles. The van der Waals surface area contributed by atoms with Crippen molar-refractivity contribution < 1.29 is 9.84 Å². The lowest BCUT2D eigenvalue weighted by Crippen LogP contribution is -2.03. The van der Waals surface area contributed by atoms with E-state index in [-0.39, 0.29) is 0 Å². The molecule has 0 aromatic heterocycles. The monoisotopic (exact) mass is 263 g/mol. The Morgan fingerprint density at radius 2 is 1.83 bits per heavy atom. The molecule has 1 unspecified atom stereocenters. The molecule has 2 aromatic rings. The van der Waals surface area contributed by atoms with Crippen LogP contribution in [-0.2, 0) is 0 Å². The second kappa shape index (κ2) is 5.29. The van der Waals surface area contributed by atoms with E-state index in [1.54, 1.807) is 49.6 Å². The molecule has 3 N–H and O–H groups in total. The van der Waals surface area contributed by atoms with E-state index in [1.807, 2.05) is 0 Å². The van der Waals surface area contributed by atoms with Gasteiger partial charge in [-0.3, -0.25) is 0 Å². The van der Waals surface area contributed by atoms with Gasteiger partial charge in [-0.15, -0.1) is 0 Å². The fourth-order valence-electron chi connectivity index (χ4n) is 1.75. The number of nitrogens with two attached hydrogens (primary N) is 1. The third-order valence-electron chi connectivity index (χ3n) is 2.77. The number of rotatable bonds is 3. The summed E-state index contributed by atoms with van der Waals surface area (Å²) in [5.74, 6) is 0.741. The number of hydrogen-bond acceptors (Lipinski definition) is 3. The molecule has 0 aliphatic rings. The van der Waals surface area contributed by atoms with Gasteiger partial charge in [0.1, 0.15) is 11.9 Å².